The maximum Gasteiger partial charge on any atom is 0.274 e. The van der Waals surface area contributed by atoms with Crippen molar-refractivity contribution in [2.45, 2.75) is 20.3 Å². The molecule has 0 atom stereocenters. The molecule has 2 amide bonds. The summed E-state index contributed by atoms with van der Waals surface area (Å²) in [6.07, 6.45) is 2.19. The number of amides is 2. The predicted molar refractivity (Wildman–Crippen MR) is 96.9 cm³/mol. The largest absolute Gasteiger partial charge is 0.385 e. The number of carbonyl (C=O) groups is 2. The van der Waals surface area contributed by atoms with E-state index in [1.165, 1.54) is 12.3 Å². The lowest BCUT2D eigenvalue weighted by Crippen LogP contribution is -2.26. The maximum atomic E-state index is 12.4. The second kappa shape index (κ2) is 8.94. The van der Waals surface area contributed by atoms with Crippen molar-refractivity contribution in [1.82, 2.24) is 10.3 Å². The fourth-order valence-corrected chi connectivity index (χ4v) is 2.36. The van der Waals surface area contributed by atoms with Crippen LogP contribution in [0.1, 0.15) is 38.4 Å². The Morgan fingerprint density at radius 2 is 1.92 bits per heavy atom. The van der Waals surface area contributed by atoms with Gasteiger partial charge in [-0.2, -0.15) is 0 Å². The van der Waals surface area contributed by atoms with Crippen molar-refractivity contribution in [2.24, 2.45) is 0 Å². The number of pyridine rings is 1. The normalized spacial score (nSPS) is 10.4. The van der Waals surface area contributed by atoms with E-state index in [0.717, 1.165) is 23.2 Å². The number of nitrogens with zero attached hydrogens (tertiary/aromatic N) is 1. The van der Waals surface area contributed by atoms with E-state index in [1.807, 2.05) is 32.0 Å². The van der Waals surface area contributed by atoms with Crippen LogP contribution >= 0.6 is 0 Å². The minimum Gasteiger partial charge on any atom is -0.385 e. The topological polar surface area (TPSA) is 80.3 Å². The number of rotatable bonds is 7. The Morgan fingerprint density at radius 3 is 2.64 bits per heavy atom. The first-order valence-electron chi connectivity index (χ1n) is 8.13. The Labute approximate surface area is 147 Å². The van der Waals surface area contributed by atoms with E-state index in [0.29, 0.717) is 18.7 Å². The zero-order valence-electron chi connectivity index (χ0n) is 14.8. The quantitative estimate of drug-likeness (QED) is 0.759. The summed E-state index contributed by atoms with van der Waals surface area (Å²) in [6, 6.07) is 8.85. The molecule has 0 spiro atoms. The third-order valence-corrected chi connectivity index (χ3v) is 3.70. The highest BCUT2D eigenvalue weighted by Crippen LogP contribution is 2.17. The first-order valence-corrected chi connectivity index (χ1v) is 8.13. The minimum atomic E-state index is -0.346. The van der Waals surface area contributed by atoms with Crippen LogP contribution in [-0.4, -0.2) is 37.1 Å². The molecule has 0 saturated carbocycles. The van der Waals surface area contributed by atoms with E-state index in [4.69, 9.17) is 4.74 Å². The Hall–Kier alpha value is -2.73. The van der Waals surface area contributed by atoms with Gasteiger partial charge in [0.1, 0.15) is 5.69 Å². The summed E-state index contributed by atoms with van der Waals surface area (Å²) in [7, 11) is 1.62. The van der Waals surface area contributed by atoms with E-state index >= 15 is 0 Å². The summed E-state index contributed by atoms with van der Waals surface area (Å²) in [5.41, 5.74) is 3.43. The van der Waals surface area contributed by atoms with Gasteiger partial charge in [-0.05, 0) is 44.0 Å². The van der Waals surface area contributed by atoms with Crippen LogP contribution in [0.5, 0.6) is 0 Å². The zero-order valence-corrected chi connectivity index (χ0v) is 14.8. The molecule has 1 aromatic carbocycles. The average molecular weight is 341 g/mol. The molecule has 25 heavy (non-hydrogen) atoms. The van der Waals surface area contributed by atoms with E-state index in [1.54, 1.807) is 13.2 Å². The van der Waals surface area contributed by atoms with Crippen LogP contribution in [0.2, 0.25) is 0 Å². The smallest absolute Gasteiger partial charge is 0.274 e. The number of aryl methyl sites for hydroxylation is 2. The summed E-state index contributed by atoms with van der Waals surface area (Å²) in [4.78, 5) is 28.6. The molecule has 0 saturated heterocycles. The van der Waals surface area contributed by atoms with Crippen molar-refractivity contribution in [3.05, 3.63) is 58.9 Å². The van der Waals surface area contributed by atoms with Gasteiger partial charge >= 0.3 is 0 Å². The number of carbonyl (C=O) groups excluding carboxylic acids is 2. The molecule has 132 valence electrons. The highest BCUT2D eigenvalue weighted by molar-refractivity contribution is 6.05. The van der Waals surface area contributed by atoms with E-state index in [2.05, 4.69) is 15.6 Å². The average Bonchev–Trinajstić information content (AvgIpc) is 2.61. The van der Waals surface area contributed by atoms with Gasteiger partial charge in [0.2, 0.25) is 0 Å². The zero-order chi connectivity index (χ0) is 18.2. The van der Waals surface area contributed by atoms with Gasteiger partial charge in [0.15, 0.2) is 0 Å². The van der Waals surface area contributed by atoms with Gasteiger partial charge in [-0.3, -0.25) is 14.6 Å². The number of ether oxygens (including phenoxy) is 1. The fourth-order valence-electron chi connectivity index (χ4n) is 2.36. The minimum absolute atomic E-state index is 0.199. The number of aromatic nitrogens is 1. The Kier molecular flexibility index (Phi) is 6.65. The first kappa shape index (κ1) is 18.6. The number of anilines is 1. The number of benzene rings is 1. The molecular weight excluding hydrogens is 318 g/mol. The van der Waals surface area contributed by atoms with E-state index in [-0.39, 0.29) is 17.5 Å². The van der Waals surface area contributed by atoms with Crippen molar-refractivity contribution in [3.63, 3.8) is 0 Å². The highest BCUT2D eigenvalue weighted by Gasteiger charge is 2.12. The summed E-state index contributed by atoms with van der Waals surface area (Å²) >= 11 is 0. The molecule has 2 N–H and O–H groups in total. The molecule has 0 radical (unpaired) electrons. The summed E-state index contributed by atoms with van der Waals surface area (Å²) < 4.78 is 4.94. The van der Waals surface area contributed by atoms with Gasteiger partial charge in [0.25, 0.3) is 11.8 Å². The number of hydrogen-bond acceptors (Lipinski definition) is 4. The fraction of sp³-hybridized carbons (Fsp3) is 0.316. The number of hydrogen-bond donors (Lipinski definition) is 2. The van der Waals surface area contributed by atoms with Gasteiger partial charge in [0, 0.05) is 37.7 Å². The third-order valence-electron chi connectivity index (χ3n) is 3.70. The van der Waals surface area contributed by atoms with Crippen molar-refractivity contribution in [3.8, 4) is 0 Å². The molecule has 0 bridgehead atoms. The first-order chi connectivity index (χ1) is 12.0. The van der Waals surface area contributed by atoms with Crippen molar-refractivity contribution < 1.29 is 14.3 Å². The molecule has 0 aliphatic heterocycles. The molecule has 6 nitrogen and oxygen atoms in total. The Morgan fingerprint density at radius 1 is 1.12 bits per heavy atom. The molecule has 6 heteroatoms. The summed E-state index contributed by atoms with van der Waals surface area (Å²) in [6.45, 7) is 5.02. The van der Waals surface area contributed by atoms with Gasteiger partial charge in [-0.25, -0.2) is 0 Å². The van der Waals surface area contributed by atoms with E-state index < -0.39 is 0 Å². The lowest BCUT2D eigenvalue weighted by molar-refractivity contribution is 0.0948. The van der Waals surface area contributed by atoms with Gasteiger partial charge in [-0.1, -0.05) is 17.7 Å². The lowest BCUT2D eigenvalue weighted by atomic mass is 10.1. The van der Waals surface area contributed by atoms with Gasteiger partial charge in [0.05, 0.1) is 0 Å². The summed E-state index contributed by atoms with van der Waals surface area (Å²) in [5.74, 6) is -0.583. The summed E-state index contributed by atoms with van der Waals surface area (Å²) in [5, 5.41) is 5.62. The predicted octanol–water partition coefficient (Wildman–Crippen LogP) is 2.72. The van der Waals surface area contributed by atoms with Crippen molar-refractivity contribution in [1.29, 1.82) is 0 Å². The molecule has 0 unspecified atom stereocenters. The number of methoxy groups -OCH3 is 1. The lowest BCUT2D eigenvalue weighted by Gasteiger charge is -2.10. The van der Waals surface area contributed by atoms with Crippen LogP contribution < -0.4 is 10.6 Å². The second-order valence-corrected chi connectivity index (χ2v) is 5.80. The molecule has 0 fully saturated rings. The monoisotopic (exact) mass is 341 g/mol. The van der Waals surface area contributed by atoms with Crippen LogP contribution in [0, 0.1) is 13.8 Å². The van der Waals surface area contributed by atoms with Crippen molar-refractivity contribution in [2.75, 3.05) is 25.6 Å². The highest BCUT2D eigenvalue weighted by atomic mass is 16.5. The standard InChI is InChI=1S/C19H23N3O3/c1-13-5-6-16(14(2)11-13)22-19(24)17-12-15(7-9-20-17)18(23)21-8-4-10-25-3/h5-7,9,11-12H,4,8,10H2,1-3H3,(H,21,23)(H,22,24). The van der Waals surface area contributed by atoms with Crippen molar-refractivity contribution >= 4 is 17.5 Å². The number of nitrogens with one attached hydrogen (secondary N) is 2. The SMILES string of the molecule is COCCCNC(=O)c1ccnc(C(=O)Nc2ccc(C)cc2C)c1. The van der Waals surface area contributed by atoms with Crippen LogP contribution in [-0.2, 0) is 4.74 Å². The van der Waals surface area contributed by atoms with Gasteiger partial charge in [-0.15, -0.1) is 0 Å². The molecule has 2 rings (SSSR count). The Bertz CT molecular complexity index is 759. The Balaban J connectivity index is 2.04. The van der Waals surface area contributed by atoms with Gasteiger partial charge < -0.3 is 15.4 Å². The molecular formula is C19H23N3O3. The molecule has 0 aliphatic rings. The molecule has 0 aliphatic carbocycles. The second-order valence-electron chi connectivity index (χ2n) is 5.80. The van der Waals surface area contributed by atoms with Crippen LogP contribution in [0.25, 0.3) is 0 Å². The van der Waals surface area contributed by atoms with Crippen LogP contribution in [0.15, 0.2) is 36.5 Å². The molecule has 2 aromatic rings. The maximum absolute atomic E-state index is 12.4. The molecule has 1 heterocycles. The molecule has 1 aromatic heterocycles. The van der Waals surface area contributed by atoms with E-state index in [9.17, 15) is 9.59 Å². The van der Waals surface area contributed by atoms with Crippen LogP contribution in [0.4, 0.5) is 5.69 Å². The third kappa shape index (κ3) is 5.39. The van der Waals surface area contributed by atoms with Crippen LogP contribution in [0.3, 0.4) is 0 Å².